The van der Waals surface area contributed by atoms with E-state index < -0.39 is 10.0 Å². The summed E-state index contributed by atoms with van der Waals surface area (Å²) in [6, 6.07) is 14.1. The Morgan fingerprint density at radius 1 is 0.966 bits per heavy atom. The lowest BCUT2D eigenvalue weighted by atomic mass is 10.1. The van der Waals surface area contributed by atoms with E-state index >= 15 is 0 Å². The van der Waals surface area contributed by atoms with Crippen LogP contribution in [0.3, 0.4) is 0 Å². The third kappa shape index (κ3) is 5.14. The molecule has 29 heavy (non-hydrogen) atoms. The summed E-state index contributed by atoms with van der Waals surface area (Å²) < 4.78 is 27.1. The van der Waals surface area contributed by atoms with Crippen molar-refractivity contribution in [3.05, 3.63) is 59.7 Å². The van der Waals surface area contributed by atoms with Crippen LogP contribution in [0, 0.1) is 0 Å². The molecule has 1 aliphatic heterocycles. The van der Waals surface area contributed by atoms with Gasteiger partial charge >= 0.3 is 0 Å². The highest BCUT2D eigenvalue weighted by Gasteiger charge is 2.27. The summed E-state index contributed by atoms with van der Waals surface area (Å²) in [6.45, 7) is 2.81. The number of carbonyl (C=O) groups is 1. The molecular formula is C21H28N4O3S. The molecule has 1 aliphatic rings. The fraction of sp³-hybridized carbons (Fsp3) is 0.381. The van der Waals surface area contributed by atoms with Crippen LogP contribution in [0.4, 0.5) is 5.69 Å². The van der Waals surface area contributed by atoms with E-state index in [0.29, 0.717) is 25.2 Å². The molecule has 1 saturated heterocycles. The van der Waals surface area contributed by atoms with Gasteiger partial charge in [0.2, 0.25) is 10.0 Å². The molecule has 1 fully saturated rings. The van der Waals surface area contributed by atoms with E-state index in [1.165, 1.54) is 4.31 Å². The maximum atomic E-state index is 12.8. The second-order valence-corrected chi connectivity index (χ2v) is 9.41. The van der Waals surface area contributed by atoms with Crippen molar-refractivity contribution < 1.29 is 13.2 Å². The molecule has 2 aromatic carbocycles. The Morgan fingerprint density at radius 3 is 2.10 bits per heavy atom. The van der Waals surface area contributed by atoms with Crippen LogP contribution < -0.4 is 10.2 Å². The minimum atomic E-state index is -3.47. The van der Waals surface area contributed by atoms with Gasteiger partial charge in [-0.3, -0.25) is 4.79 Å². The van der Waals surface area contributed by atoms with Crippen molar-refractivity contribution in [1.29, 1.82) is 0 Å². The van der Waals surface area contributed by atoms with Gasteiger partial charge in [-0.05, 0) is 49.0 Å². The van der Waals surface area contributed by atoms with E-state index in [4.69, 9.17) is 0 Å². The van der Waals surface area contributed by atoms with Crippen molar-refractivity contribution in [2.45, 2.75) is 11.4 Å². The van der Waals surface area contributed by atoms with Gasteiger partial charge in [-0.25, -0.2) is 8.42 Å². The lowest BCUT2D eigenvalue weighted by Gasteiger charge is -2.31. The summed E-state index contributed by atoms with van der Waals surface area (Å²) in [5.41, 5.74) is 2.46. The first-order valence-electron chi connectivity index (χ1n) is 9.60. The van der Waals surface area contributed by atoms with Gasteiger partial charge in [0.05, 0.1) is 4.90 Å². The Bertz CT molecular complexity index is 933. The summed E-state index contributed by atoms with van der Waals surface area (Å²) >= 11 is 0. The van der Waals surface area contributed by atoms with Crippen molar-refractivity contribution in [3.63, 3.8) is 0 Å². The molecule has 0 unspecified atom stereocenters. The first-order valence-corrected chi connectivity index (χ1v) is 11.0. The third-order valence-corrected chi connectivity index (χ3v) is 7.04. The number of nitrogens with one attached hydrogen (secondary N) is 1. The predicted molar refractivity (Wildman–Crippen MR) is 115 cm³/mol. The van der Waals surface area contributed by atoms with Crippen LogP contribution in [-0.2, 0) is 16.6 Å². The first-order chi connectivity index (χ1) is 13.8. The number of benzene rings is 2. The molecular weight excluding hydrogens is 388 g/mol. The topological polar surface area (TPSA) is 73.0 Å². The molecule has 1 heterocycles. The number of hydrogen-bond acceptors (Lipinski definition) is 5. The SMILES string of the molecule is CN1CCN(S(=O)(=O)c2ccc(CNC(=O)c3ccc(N(C)C)cc3)cc2)CC1. The Hall–Kier alpha value is -2.42. The average Bonchev–Trinajstić information content (AvgIpc) is 2.72. The second-order valence-electron chi connectivity index (χ2n) is 7.48. The Labute approximate surface area is 173 Å². The lowest BCUT2D eigenvalue weighted by molar-refractivity contribution is 0.0951. The standard InChI is InChI=1S/C21H28N4O3S/c1-23(2)19-8-6-18(7-9-19)21(26)22-16-17-4-10-20(11-5-17)29(27,28)25-14-12-24(3)13-15-25/h4-11H,12-16H2,1-3H3,(H,22,26). The highest BCUT2D eigenvalue weighted by atomic mass is 32.2. The normalized spacial score (nSPS) is 15.8. The second kappa shape index (κ2) is 8.94. The van der Waals surface area contributed by atoms with E-state index in [1.807, 2.05) is 38.2 Å². The number of sulfonamides is 1. The molecule has 0 bridgehead atoms. The fourth-order valence-electron chi connectivity index (χ4n) is 3.15. The monoisotopic (exact) mass is 416 g/mol. The summed E-state index contributed by atoms with van der Waals surface area (Å²) in [5.74, 6) is -0.163. The van der Waals surface area contributed by atoms with Gasteiger partial charge in [-0.1, -0.05) is 12.1 Å². The van der Waals surface area contributed by atoms with Gasteiger partial charge in [0.25, 0.3) is 5.91 Å². The van der Waals surface area contributed by atoms with E-state index in [9.17, 15) is 13.2 Å². The molecule has 0 atom stereocenters. The van der Waals surface area contributed by atoms with Crippen LogP contribution in [0.1, 0.15) is 15.9 Å². The summed E-state index contributed by atoms with van der Waals surface area (Å²) in [6.07, 6.45) is 0. The molecule has 8 heteroatoms. The molecule has 0 aliphatic carbocycles. The predicted octanol–water partition coefficient (Wildman–Crippen LogP) is 1.62. The van der Waals surface area contributed by atoms with Crippen molar-refractivity contribution in [3.8, 4) is 0 Å². The summed E-state index contributed by atoms with van der Waals surface area (Å²) in [4.78, 5) is 16.7. The van der Waals surface area contributed by atoms with Gasteiger partial charge in [0, 0.05) is 58.1 Å². The quantitative estimate of drug-likeness (QED) is 0.775. The molecule has 7 nitrogen and oxygen atoms in total. The molecule has 1 amide bonds. The molecule has 3 rings (SSSR count). The van der Waals surface area contributed by atoms with Gasteiger partial charge in [0.15, 0.2) is 0 Å². The zero-order chi connectivity index (χ0) is 21.0. The van der Waals surface area contributed by atoms with Crippen molar-refractivity contribution in [2.24, 2.45) is 0 Å². The largest absolute Gasteiger partial charge is 0.378 e. The van der Waals surface area contributed by atoms with Crippen molar-refractivity contribution >= 4 is 21.6 Å². The van der Waals surface area contributed by atoms with Gasteiger partial charge in [0.1, 0.15) is 0 Å². The van der Waals surface area contributed by atoms with Crippen LogP contribution in [0.15, 0.2) is 53.4 Å². The lowest BCUT2D eigenvalue weighted by Crippen LogP contribution is -2.47. The van der Waals surface area contributed by atoms with E-state index in [1.54, 1.807) is 36.4 Å². The fourth-order valence-corrected chi connectivity index (χ4v) is 4.57. The van der Waals surface area contributed by atoms with Gasteiger partial charge < -0.3 is 15.1 Å². The molecule has 0 saturated carbocycles. The van der Waals surface area contributed by atoms with E-state index in [-0.39, 0.29) is 10.8 Å². The number of rotatable bonds is 6. The van der Waals surface area contributed by atoms with Crippen molar-refractivity contribution in [1.82, 2.24) is 14.5 Å². The number of piperazine rings is 1. The Balaban J connectivity index is 1.59. The van der Waals surface area contributed by atoms with Crippen LogP contribution in [0.25, 0.3) is 0 Å². The maximum absolute atomic E-state index is 12.8. The molecule has 156 valence electrons. The number of likely N-dealkylation sites (N-methyl/N-ethyl adjacent to an activating group) is 1. The van der Waals surface area contributed by atoms with Crippen molar-refractivity contribution in [2.75, 3.05) is 52.2 Å². The number of carbonyl (C=O) groups excluding carboxylic acids is 1. The zero-order valence-corrected chi connectivity index (χ0v) is 17.9. The molecule has 0 aromatic heterocycles. The van der Waals surface area contributed by atoms with Gasteiger partial charge in [-0.15, -0.1) is 0 Å². The molecule has 0 radical (unpaired) electrons. The average molecular weight is 417 g/mol. The highest BCUT2D eigenvalue weighted by molar-refractivity contribution is 7.89. The first kappa shape index (κ1) is 21.3. The number of nitrogens with zero attached hydrogens (tertiary/aromatic N) is 3. The van der Waals surface area contributed by atoms with Crippen LogP contribution in [0.2, 0.25) is 0 Å². The number of anilines is 1. The smallest absolute Gasteiger partial charge is 0.251 e. The minimum absolute atomic E-state index is 0.163. The zero-order valence-electron chi connectivity index (χ0n) is 17.1. The van der Waals surface area contributed by atoms with E-state index in [0.717, 1.165) is 24.3 Å². The molecule has 1 N–H and O–H groups in total. The highest BCUT2D eigenvalue weighted by Crippen LogP contribution is 2.18. The third-order valence-electron chi connectivity index (χ3n) is 5.12. The maximum Gasteiger partial charge on any atom is 0.251 e. The van der Waals surface area contributed by atoms with Gasteiger partial charge in [-0.2, -0.15) is 4.31 Å². The van der Waals surface area contributed by atoms with Crippen LogP contribution in [-0.4, -0.2) is 70.9 Å². The Kier molecular flexibility index (Phi) is 6.56. The molecule has 0 spiro atoms. The van der Waals surface area contributed by atoms with Crippen LogP contribution >= 0.6 is 0 Å². The summed E-state index contributed by atoms with van der Waals surface area (Å²) in [5, 5.41) is 2.87. The number of amides is 1. The minimum Gasteiger partial charge on any atom is -0.378 e. The Morgan fingerprint density at radius 2 is 1.55 bits per heavy atom. The summed E-state index contributed by atoms with van der Waals surface area (Å²) in [7, 11) is 2.41. The molecule has 2 aromatic rings. The van der Waals surface area contributed by atoms with Crippen LogP contribution in [0.5, 0.6) is 0 Å². The van der Waals surface area contributed by atoms with E-state index in [2.05, 4.69) is 10.2 Å². The number of hydrogen-bond donors (Lipinski definition) is 1.